The number of hydrogen-bond donors (Lipinski definition) is 1. The summed E-state index contributed by atoms with van der Waals surface area (Å²) in [5, 5.41) is 3.56. The molecule has 2 fully saturated rings. The molecule has 6 nitrogen and oxygen atoms in total. The molecule has 1 aromatic heterocycles. The van der Waals surface area contributed by atoms with Gasteiger partial charge in [0.2, 0.25) is 0 Å². The lowest BCUT2D eigenvalue weighted by Gasteiger charge is -2.34. The minimum absolute atomic E-state index is 0.640. The summed E-state index contributed by atoms with van der Waals surface area (Å²) in [6, 6.07) is 14.5. The molecule has 0 amide bonds. The third-order valence-electron chi connectivity index (χ3n) is 5.76. The molecule has 0 spiro atoms. The van der Waals surface area contributed by atoms with Crippen molar-refractivity contribution in [2.45, 2.75) is 25.8 Å². The van der Waals surface area contributed by atoms with Gasteiger partial charge >= 0.3 is 0 Å². The van der Waals surface area contributed by atoms with E-state index in [2.05, 4.69) is 57.4 Å². The Morgan fingerprint density at radius 2 is 1.69 bits per heavy atom. The van der Waals surface area contributed by atoms with Crippen LogP contribution in [0.3, 0.4) is 0 Å². The van der Waals surface area contributed by atoms with Crippen LogP contribution in [0.25, 0.3) is 0 Å². The Morgan fingerprint density at radius 1 is 0.931 bits per heavy atom. The summed E-state index contributed by atoms with van der Waals surface area (Å²) in [5.41, 5.74) is 2.28. The predicted molar refractivity (Wildman–Crippen MR) is 121 cm³/mol. The van der Waals surface area contributed by atoms with Crippen LogP contribution in [0, 0.1) is 0 Å². The number of pyridine rings is 1. The van der Waals surface area contributed by atoms with E-state index >= 15 is 0 Å². The monoisotopic (exact) mass is 392 g/mol. The second-order valence-electron chi connectivity index (χ2n) is 7.96. The van der Waals surface area contributed by atoms with Gasteiger partial charge in [0, 0.05) is 56.7 Å². The van der Waals surface area contributed by atoms with E-state index in [0.29, 0.717) is 6.54 Å². The lowest BCUT2D eigenvalue weighted by molar-refractivity contribution is 0.312. The van der Waals surface area contributed by atoms with Crippen molar-refractivity contribution in [1.29, 1.82) is 0 Å². The molecule has 0 aliphatic carbocycles. The number of aliphatic imine (C=N–C) groups is 1. The first-order valence-electron chi connectivity index (χ1n) is 10.8. The van der Waals surface area contributed by atoms with Crippen molar-refractivity contribution < 1.29 is 0 Å². The molecule has 6 heteroatoms. The van der Waals surface area contributed by atoms with Crippen molar-refractivity contribution in [2.75, 3.05) is 56.5 Å². The Bertz CT molecular complexity index is 792. The standard InChI is InChI=1S/C23H32N6/c1-27-15-17-28(18-16-27)22-20(9-8-12-24-22)19-25-23(29-13-6-3-7-14-29)26-21-10-4-2-5-11-21/h2,4-5,8-12H,3,6-7,13-19H2,1H3,(H,25,26). The molecule has 2 aliphatic heterocycles. The molecule has 1 N–H and O–H groups in total. The molecular formula is C23H32N6. The zero-order chi connectivity index (χ0) is 19.9. The number of likely N-dealkylation sites (tertiary alicyclic amines) is 1. The normalized spacial score (nSPS) is 18.7. The number of anilines is 2. The number of likely N-dealkylation sites (N-methyl/N-ethyl adjacent to an activating group) is 1. The van der Waals surface area contributed by atoms with Crippen LogP contribution >= 0.6 is 0 Å². The van der Waals surface area contributed by atoms with Gasteiger partial charge in [0.25, 0.3) is 0 Å². The zero-order valence-corrected chi connectivity index (χ0v) is 17.4. The van der Waals surface area contributed by atoms with Crippen LogP contribution in [0.5, 0.6) is 0 Å². The minimum atomic E-state index is 0.640. The van der Waals surface area contributed by atoms with Crippen molar-refractivity contribution in [2.24, 2.45) is 4.99 Å². The Hall–Kier alpha value is -2.60. The third-order valence-corrected chi connectivity index (χ3v) is 5.76. The van der Waals surface area contributed by atoms with Gasteiger partial charge in [0.15, 0.2) is 5.96 Å². The predicted octanol–water partition coefficient (Wildman–Crippen LogP) is 3.29. The molecular weight excluding hydrogens is 360 g/mol. The van der Waals surface area contributed by atoms with Gasteiger partial charge < -0.3 is 20.0 Å². The van der Waals surface area contributed by atoms with Crippen LogP contribution in [0.4, 0.5) is 11.5 Å². The zero-order valence-electron chi connectivity index (χ0n) is 17.4. The van der Waals surface area contributed by atoms with Gasteiger partial charge in [-0.3, -0.25) is 0 Å². The molecule has 2 aromatic rings. The first-order valence-corrected chi connectivity index (χ1v) is 10.8. The summed E-state index contributed by atoms with van der Waals surface area (Å²) in [6.45, 7) is 6.97. The molecule has 29 heavy (non-hydrogen) atoms. The summed E-state index contributed by atoms with van der Waals surface area (Å²) in [6.07, 6.45) is 5.67. The number of guanidine groups is 1. The van der Waals surface area contributed by atoms with E-state index in [1.807, 2.05) is 18.3 Å². The average Bonchev–Trinajstić information content (AvgIpc) is 2.79. The van der Waals surface area contributed by atoms with Crippen molar-refractivity contribution >= 4 is 17.5 Å². The van der Waals surface area contributed by atoms with Gasteiger partial charge in [-0.15, -0.1) is 0 Å². The van der Waals surface area contributed by atoms with E-state index in [9.17, 15) is 0 Å². The molecule has 0 radical (unpaired) electrons. The van der Waals surface area contributed by atoms with Crippen LogP contribution in [0.1, 0.15) is 24.8 Å². The average molecular weight is 393 g/mol. The summed E-state index contributed by atoms with van der Waals surface area (Å²) >= 11 is 0. The maximum absolute atomic E-state index is 5.04. The first-order chi connectivity index (χ1) is 14.3. The van der Waals surface area contributed by atoms with E-state index in [1.165, 1.54) is 24.8 Å². The summed E-state index contributed by atoms with van der Waals surface area (Å²) in [5.74, 6) is 2.06. The quantitative estimate of drug-likeness (QED) is 0.639. The van der Waals surface area contributed by atoms with Crippen molar-refractivity contribution in [3.63, 3.8) is 0 Å². The van der Waals surface area contributed by atoms with Crippen LogP contribution in [0.2, 0.25) is 0 Å². The number of piperidine rings is 1. The van der Waals surface area contributed by atoms with Crippen LogP contribution in [-0.2, 0) is 6.54 Å². The number of hydrogen-bond acceptors (Lipinski definition) is 4. The smallest absolute Gasteiger partial charge is 0.198 e. The number of nitrogens with one attached hydrogen (secondary N) is 1. The molecule has 4 rings (SSSR count). The molecule has 0 unspecified atom stereocenters. The van der Waals surface area contributed by atoms with Gasteiger partial charge in [0.05, 0.1) is 6.54 Å². The lowest BCUT2D eigenvalue weighted by Crippen LogP contribution is -2.45. The minimum Gasteiger partial charge on any atom is -0.354 e. The second kappa shape index (κ2) is 9.74. The first kappa shape index (κ1) is 19.7. The molecule has 3 heterocycles. The van der Waals surface area contributed by atoms with Crippen molar-refractivity contribution in [3.8, 4) is 0 Å². The van der Waals surface area contributed by atoms with Gasteiger partial charge in [-0.2, -0.15) is 0 Å². The van der Waals surface area contributed by atoms with E-state index in [0.717, 1.165) is 56.7 Å². The maximum Gasteiger partial charge on any atom is 0.198 e. The molecule has 0 bridgehead atoms. The van der Waals surface area contributed by atoms with Gasteiger partial charge in [-0.1, -0.05) is 24.3 Å². The maximum atomic E-state index is 5.04. The summed E-state index contributed by atoms with van der Waals surface area (Å²) in [7, 11) is 2.18. The van der Waals surface area contributed by atoms with E-state index in [1.54, 1.807) is 0 Å². The topological polar surface area (TPSA) is 47.0 Å². The number of nitrogens with zero attached hydrogens (tertiary/aromatic N) is 5. The highest BCUT2D eigenvalue weighted by atomic mass is 15.3. The fourth-order valence-electron chi connectivity index (χ4n) is 3.99. The number of benzene rings is 1. The second-order valence-corrected chi connectivity index (χ2v) is 7.96. The van der Waals surface area contributed by atoms with Crippen LogP contribution in [-0.4, -0.2) is 67.1 Å². The highest BCUT2D eigenvalue weighted by Crippen LogP contribution is 2.20. The SMILES string of the molecule is CN1CCN(c2ncccc2CN=C(Nc2ccccc2)N2CCCCC2)CC1. The molecule has 154 valence electrons. The Labute approximate surface area is 174 Å². The third kappa shape index (κ3) is 5.26. The molecule has 0 saturated carbocycles. The van der Waals surface area contributed by atoms with E-state index in [4.69, 9.17) is 9.98 Å². The number of rotatable bonds is 4. The summed E-state index contributed by atoms with van der Waals surface area (Å²) < 4.78 is 0. The number of para-hydroxylation sites is 1. The molecule has 2 saturated heterocycles. The molecule has 0 atom stereocenters. The highest BCUT2D eigenvalue weighted by Gasteiger charge is 2.19. The largest absolute Gasteiger partial charge is 0.354 e. The Balaban J connectivity index is 1.53. The fourth-order valence-corrected chi connectivity index (χ4v) is 3.99. The van der Waals surface area contributed by atoms with Gasteiger partial charge in [-0.05, 0) is 44.5 Å². The Morgan fingerprint density at radius 3 is 2.45 bits per heavy atom. The van der Waals surface area contributed by atoms with Crippen molar-refractivity contribution in [3.05, 3.63) is 54.2 Å². The van der Waals surface area contributed by atoms with E-state index in [-0.39, 0.29) is 0 Å². The van der Waals surface area contributed by atoms with Crippen LogP contribution < -0.4 is 10.2 Å². The van der Waals surface area contributed by atoms with Gasteiger partial charge in [-0.25, -0.2) is 9.98 Å². The number of aromatic nitrogens is 1. The molecule has 1 aromatic carbocycles. The molecule has 2 aliphatic rings. The van der Waals surface area contributed by atoms with Gasteiger partial charge in [0.1, 0.15) is 5.82 Å². The lowest BCUT2D eigenvalue weighted by atomic mass is 10.1. The summed E-state index contributed by atoms with van der Waals surface area (Å²) in [4.78, 5) is 16.9. The fraction of sp³-hybridized carbons (Fsp3) is 0.478. The van der Waals surface area contributed by atoms with E-state index < -0.39 is 0 Å². The van der Waals surface area contributed by atoms with Crippen LogP contribution in [0.15, 0.2) is 53.7 Å². The number of piperazine rings is 1. The Kier molecular flexibility index (Phi) is 6.62. The van der Waals surface area contributed by atoms with Crippen molar-refractivity contribution in [1.82, 2.24) is 14.8 Å². The highest BCUT2D eigenvalue weighted by molar-refractivity contribution is 5.93.